The van der Waals surface area contributed by atoms with Gasteiger partial charge in [0, 0.05) is 23.6 Å². The van der Waals surface area contributed by atoms with Crippen LogP contribution in [0.15, 0.2) is 103 Å². The summed E-state index contributed by atoms with van der Waals surface area (Å²) in [5.41, 5.74) is 4.02. The summed E-state index contributed by atoms with van der Waals surface area (Å²) in [5.74, 6) is -0.576. The van der Waals surface area contributed by atoms with Crippen LogP contribution in [0.3, 0.4) is 0 Å². The number of hydrogen-bond donors (Lipinski definition) is 0. The molecule has 8 heteroatoms. The number of ether oxygens (including phenoxy) is 4. The Hall–Kier alpha value is -5.24. The van der Waals surface area contributed by atoms with Crippen molar-refractivity contribution >= 4 is 24.2 Å². The van der Waals surface area contributed by atoms with Gasteiger partial charge < -0.3 is 18.9 Å². The van der Waals surface area contributed by atoms with E-state index in [0.29, 0.717) is 23.1 Å². The lowest BCUT2D eigenvalue weighted by Gasteiger charge is -2.11. The monoisotopic (exact) mass is 570 g/mol. The van der Waals surface area contributed by atoms with Crippen LogP contribution in [-0.4, -0.2) is 37.9 Å². The standard InChI is InChI=1S/C30H28O7.C4H6O/c1-19(2)28(31)36-26-16-21(17-27(18-26)37-29(32)20(3)4)14-15-35-30(33)24-8-6-22(7-9-24)23-10-12-25(34-5)13-11-23;1-4(2)3-5/h6-13,16-18H,1,3,14-15H2,2,4-5H3;3H,1H2,2H3. The lowest BCUT2D eigenvalue weighted by molar-refractivity contribution is -0.130. The molecule has 0 unspecified atom stereocenters. The van der Waals surface area contributed by atoms with Gasteiger partial charge in [-0.3, -0.25) is 4.79 Å². The lowest BCUT2D eigenvalue weighted by Crippen LogP contribution is -2.12. The third-order valence-electron chi connectivity index (χ3n) is 5.43. The van der Waals surface area contributed by atoms with Gasteiger partial charge in [0.15, 0.2) is 0 Å². The minimum atomic E-state index is -0.612. The molecule has 0 radical (unpaired) electrons. The average molecular weight is 571 g/mol. The fourth-order valence-electron chi connectivity index (χ4n) is 3.21. The Morgan fingerprint density at radius 3 is 1.57 bits per heavy atom. The molecule has 0 atom stereocenters. The summed E-state index contributed by atoms with van der Waals surface area (Å²) in [5, 5.41) is 0. The van der Waals surface area contributed by atoms with Gasteiger partial charge in [0.25, 0.3) is 0 Å². The Labute approximate surface area is 245 Å². The first kappa shape index (κ1) is 33.0. The maximum atomic E-state index is 12.5. The molecule has 0 aliphatic rings. The summed E-state index contributed by atoms with van der Waals surface area (Å²) in [6.45, 7) is 15.2. The second-order valence-corrected chi connectivity index (χ2v) is 9.31. The van der Waals surface area contributed by atoms with E-state index in [1.165, 1.54) is 19.9 Å². The number of carbonyl (C=O) groups excluding carboxylic acids is 4. The van der Waals surface area contributed by atoms with Crippen LogP contribution in [0.1, 0.15) is 36.7 Å². The van der Waals surface area contributed by atoms with Crippen molar-refractivity contribution in [2.24, 2.45) is 0 Å². The molecule has 0 bridgehead atoms. The molecule has 0 fully saturated rings. The molecule has 3 aromatic carbocycles. The van der Waals surface area contributed by atoms with Gasteiger partial charge in [-0.2, -0.15) is 0 Å². The summed E-state index contributed by atoms with van der Waals surface area (Å²) in [6, 6.07) is 19.4. The van der Waals surface area contributed by atoms with Crippen LogP contribution >= 0.6 is 0 Å². The Morgan fingerprint density at radius 2 is 1.17 bits per heavy atom. The quantitative estimate of drug-likeness (QED) is 0.112. The molecular weight excluding hydrogens is 536 g/mol. The molecule has 0 saturated heterocycles. The van der Waals surface area contributed by atoms with E-state index in [4.69, 9.17) is 18.9 Å². The second-order valence-electron chi connectivity index (χ2n) is 9.31. The zero-order valence-electron chi connectivity index (χ0n) is 24.2. The van der Waals surface area contributed by atoms with Gasteiger partial charge in [-0.15, -0.1) is 0 Å². The molecular formula is C34H34O8. The number of aldehydes is 1. The zero-order valence-corrected chi connectivity index (χ0v) is 24.2. The summed E-state index contributed by atoms with van der Waals surface area (Å²) in [6.07, 6.45) is 1.02. The molecule has 3 aromatic rings. The predicted octanol–water partition coefficient (Wildman–Crippen LogP) is 6.49. The number of methoxy groups -OCH3 is 1. The van der Waals surface area contributed by atoms with Crippen LogP contribution in [-0.2, 0) is 25.5 Å². The van der Waals surface area contributed by atoms with E-state index < -0.39 is 17.9 Å². The van der Waals surface area contributed by atoms with E-state index in [1.807, 2.05) is 36.4 Å². The van der Waals surface area contributed by atoms with Gasteiger partial charge in [0.05, 0.1) is 19.3 Å². The summed E-state index contributed by atoms with van der Waals surface area (Å²) >= 11 is 0. The van der Waals surface area contributed by atoms with Crippen LogP contribution in [0.5, 0.6) is 17.2 Å². The first-order chi connectivity index (χ1) is 19.9. The number of hydrogen-bond acceptors (Lipinski definition) is 8. The molecule has 0 aliphatic carbocycles. The third-order valence-corrected chi connectivity index (χ3v) is 5.43. The largest absolute Gasteiger partial charge is 0.497 e. The van der Waals surface area contributed by atoms with Crippen molar-refractivity contribution in [1.29, 1.82) is 0 Å². The van der Waals surface area contributed by atoms with E-state index >= 15 is 0 Å². The maximum absolute atomic E-state index is 12.5. The van der Waals surface area contributed by atoms with Crippen molar-refractivity contribution < 1.29 is 38.1 Å². The van der Waals surface area contributed by atoms with E-state index in [-0.39, 0.29) is 29.3 Å². The number of esters is 3. The van der Waals surface area contributed by atoms with Crippen LogP contribution < -0.4 is 14.2 Å². The van der Waals surface area contributed by atoms with Crippen LogP contribution in [0, 0.1) is 0 Å². The normalized spacial score (nSPS) is 9.81. The first-order valence-electron chi connectivity index (χ1n) is 12.8. The minimum Gasteiger partial charge on any atom is -0.497 e. The van der Waals surface area contributed by atoms with Crippen LogP contribution in [0.4, 0.5) is 0 Å². The molecule has 0 N–H and O–H groups in total. The van der Waals surface area contributed by atoms with Crippen molar-refractivity contribution in [2.45, 2.75) is 27.2 Å². The number of carbonyl (C=O) groups is 4. The number of allylic oxidation sites excluding steroid dienone is 1. The first-order valence-corrected chi connectivity index (χ1v) is 12.8. The summed E-state index contributed by atoms with van der Waals surface area (Å²) in [4.78, 5) is 45.8. The summed E-state index contributed by atoms with van der Waals surface area (Å²) in [7, 11) is 1.61. The van der Waals surface area contributed by atoms with Gasteiger partial charge in [0.2, 0.25) is 0 Å². The Morgan fingerprint density at radius 1 is 0.714 bits per heavy atom. The van der Waals surface area contributed by atoms with Crippen molar-refractivity contribution in [3.63, 3.8) is 0 Å². The van der Waals surface area contributed by atoms with E-state index in [9.17, 15) is 19.2 Å². The Bertz CT molecular complexity index is 1420. The highest BCUT2D eigenvalue weighted by molar-refractivity contribution is 5.90. The number of benzene rings is 3. The van der Waals surface area contributed by atoms with E-state index in [1.54, 1.807) is 38.3 Å². The Kier molecular flexibility index (Phi) is 12.7. The number of rotatable bonds is 11. The van der Waals surface area contributed by atoms with Crippen molar-refractivity contribution in [3.05, 3.63) is 114 Å². The molecule has 3 rings (SSSR count). The van der Waals surface area contributed by atoms with Gasteiger partial charge in [-0.1, -0.05) is 44.0 Å². The smallest absolute Gasteiger partial charge is 0.338 e. The Balaban J connectivity index is 0.00000113. The molecule has 42 heavy (non-hydrogen) atoms. The fraction of sp³-hybridized carbons (Fsp3) is 0.176. The van der Waals surface area contributed by atoms with Crippen molar-refractivity contribution in [2.75, 3.05) is 13.7 Å². The molecule has 0 spiro atoms. The van der Waals surface area contributed by atoms with E-state index in [2.05, 4.69) is 19.7 Å². The maximum Gasteiger partial charge on any atom is 0.338 e. The molecule has 0 saturated carbocycles. The molecule has 0 heterocycles. The van der Waals surface area contributed by atoms with Crippen molar-refractivity contribution in [3.8, 4) is 28.4 Å². The predicted molar refractivity (Wildman–Crippen MR) is 161 cm³/mol. The van der Waals surface area contributed by atoms with Gasteiger partial charge in [-0.25, -0.2) is 14.4 Å². The van der Waals surface area contributed by atoms with Gasteiger partial charge >= 0.3 is 17.9 Å². The average Bonchev–Trinajstić information content (AvgIpc) is 2.97. The highest BCUT2D eigenvalue weighted by Crippen LogP contribution is 2.26. The highest BCUT2D eigenvalue weighted by Gasteiger charge is 2.13. The lowest BCUT2D eigenvalue weighted by atomic mass is 10.0. The minimum absolute atomic E-state index is 0.0603. The third kappa shape index (κ3) is 10.7. The van der Waals surface area contributed by atoms with Crippen LogP contribution in [0.2, 0.25) is 0 Å². The van der Waals surface area contributed by atoms with Gasteiger partial charge in [-0.05, 0) is 79.4 Å². The summed E-state index contributed by atoms with van der Waals surface area (Å²) < 4.78 is 21.2. The van der Waals surface area contributed by atoms with Crippen molar-refractivity contribution in [1.82, 2.24) is 0 Å². The molecule has 0 aliphatic heterocycles. The van der Waals surface area contributed by atoms with Gasteiger partial charge in [0.1, 0.15) is 23.5 Å². The van der Waals surface area contributed by atoms with E-state index in [0.717, 1.165) is 23.2 Å². The topological polar surface area (TPSA) is 105 Å². The molecule has 218 valence electrons. The highest BCUT2D eigenvalue weighted by atomic mass is 16.5. The zero-order chi connectivity index (χ0) is 31.2. The molecule has 8 nitrogen and oxygen atoms in total. The molecule has 0 amide bonds. The fourth-order valence-corrected chi connectivity index (χ4v) is 3.21. The SMILES string of the molecule is C=C(C)C(=O)Oc1cc(CCOC(=O)c2ccc(-c3ccc(OC)cc3)cc2)cc(OC(=O)C(=C)C)c1.C=C(C)C=O. The van der Waals surface area contributed by atoms with Crippen LogP contribution in [0.25, 0.3) is 11.1 Å². The molecule has 0 aromatic heterocycles. The second kappa shape index (κ2) is 16.1.